The molecule has 2 aromatic heterocycles. The SMILES string of the molecule is CC1CCc2nc(NC(=O)C3CCCN(C(=O)c4ccoc4)C3)sc2C1. The first kappa shape index (κ1) is 17.3. The van der Waals surface area contributed by atoms with Crippen LogP contribution < -0.4 is 5.32 Å². The topological polar surface area (TPSA) is 75.4 Å². The Bertz CT molecular complexity index is 799. The number of hydrogen-bond acceptors (Lipinski definition) is 5. The minimum atomic E-state index is -0.195. The molecule has 7 heteroatoms. The summed E-state index contributed by atoms with van der Waals surface area (Å²) >= 11 is 1.60. The quantitative estimate of drug-likeness (QED) is 0.895. The number of piperidine rings is 1. The average Bonchev–Trinajstić information content (AvgIpc) is 3.30. The summed E-state index contributed by atoms with van der Waals surface area (Å²) < 4.78 is 4.99. The summed E-state index contributed by atoms with van der Waals surface area (Å²) in [5.74, 6) is 0.385. The third-order valence-corrected chi connectivity index (χ3v) is 6.30. The molecule has 26 heavy (non-hydrogen) atoms. The second-order valence-electron chi connectivity index (χ2n) is 7.33. The maximum Gasteiger partial charge on any atom is 0.257 e. The molecule has 0 radical (unpaired) electrons. The zero-order chi connectivity index (χ0) is 18.1. The fraction of sp³-hybridized carbons (Fsp3) is 0.526. The molecule has 138 valence electrons. The van der Waals surface area contributed by atoms with Gasteiger partial charge in [0.25, 0.3) is 5.91 Å². The summed E-state index contributed by atoms with van der Waals surface area (Å²) in [7, 11) is 0. The molecule has 0 bridgehead atoms. The summed E-state index contributed by atoms with van der Waals surface area (Å²) in [6, 6.07) is 1.66. The van der Waals surface area contributed by atoms with E-state index in [1.54, 1.807) is 22.3 Å². The molecule has 2 amide bonds. The van der Waals surface area contributed by atoms with Crippen molar-refractivity contribution in [1.82, 2.24) is 9.88 Å². The lowest BCUT2D eigenvalue weighted by atomic mass is 9.93. The van der Waals surface area contributed by atoms with Crippen molar-refractivity contribution in [3.05, 3.63) is 34.7 Å². The Morgan fingerprint density at radius 3 is 3.08 bits per heavy atom. The van der Waals surface area contributed by atoms with Gasteiger partial charge in [0.15, 0.2) is 5.13 Å². The van der Waals surface area contributed by atoms with Gasteiger partial charge in [-0.3, -0.25) is 9.59 Å². The molecule has 3 heterocycles. The number of likely N-dealkylation sites (tertiary alicyclic amines) is 1. The van der Waals surface area contributed by atoms with Crippen molar-refractivity contribution in [1.29, 1.82) is 0 Å². The first-order valence-electron chi connectivity index (χ1n) is 9.21. The first-order valence-corrected chi connectivity index (χ1v) is 10.0. The molecule has 4 rings (SSSR count). The molecule has 6 nitrogen and oxygen atoms in total. The summed E-state index contributed by atoms with van der Waals surface area (Å²) in [5, 5.41) is 3.69. The van der Waals surface area contributed by atoms with Gasteiger partial charge in [0.1, 0.15) is 6.26 Å². The van der Waals surface area contributed by atoms with E-state index in [-0.39, 0.29) is 17.7 Å². The molecule has 1 aliphatic carbocycles. The van der Waals surface area contributed by atoms with Crippen LogP contribution in [0.15, 0.2) is 23.0 Å². The van der Waals surface area contributed by atoms with Gasteiger partial charge in [-0.15, -0.1) is 11.3 Å². The van der Waals surface area contributed by atoms with Crippen molar-refractivity contribution < 1.29 is 14.0 Å². The van der Waals surface area contributed by atoms with Crippen molar-refractivity contribution >= 4 is 28.3 Å². The lowest BCUT2D eigenvalue weighted by molar-refractivity contribution is -0.121. The predicted octanol–water partition coefficient (Wildman–Crippen LogP) is 3.35. The van der Waals surface area contributed by atoms with Crippen LogP contribution in [0.2, 0.25) is 0 Å². The van der Waals surface area contributed by atoms with Gasteiger partial charge >= 0.3 is 0 Å². The first-order chi connectivity index (χ1) is 12.6. The highest BCUT2D eigenvalue weighted by atomic mass is 32.1. The largest absolute Gasteiger partial charge is 0.472 e. The number of carbonyl (C=O) groups is 2. The Morgan fingerprint density at radius 1 is 1.38 bits per heavy atom. The molecular formula is C19H23N3O3S. The number of hydrogen-bond donors (Lipinski definition) is 1. The van der Waals surface area contributed by atoms with Gasteiger partial charge < -0.3 is 14.6 Å². The third kappa shape index (κ3) is 3.53. The highest BCUT2D eigenvalue weighted by Gasteiger charge is 2.30. The molecule has 2 aromatic rings. The number of fused-ring (bicyclic) bond motifs is 1. The Kier molecular flexibility index (Phi) is 4.80. The van der Waals surface area contributed by atoms with Gasteiger partial charge in [-0.25, -0.2) is 4.98 Å². The summed E-state index contributed by atoms with van der Waals surface area (Å²) in [4.78, 5) is 32.8. The van der Waals surface area contributed by atoms with E-state index in [9.17, 15) is 9.59 Å². The van der Waals surface area contributed by atoms with Crippen molar-refractivity contribution in [2.75, 3.05) is 18.4 Å². The monoisotopic (exact) mass is 373 g/mol. The number of amides is 2. The number of thiazole rings is 1. The normalized spacial score (nSPS) is 22.7. The van der Waals surface area contributed by atoms with Crippen LogP contribution >= 0.6 is 11.3 Å². The van der Waals surface area contributed by atoms with E-state index >= 15 is 0 Å². The number of aromatic nitrogens is 1. The van der Waals surface area contributed by atoms with Crippen LogP contribution in [0.3, 0.4) is 0 Å². The number of furan rings is 1. The Balaban J connectivity index is 1.39. The fourth-order valence-corrected chi connectivity index (χ4v) is 4.92. The van der Waals surface area contributed by atoms with Crippen molar-refractivity contribution in [2.24, 2.45) is 11.8 Å². The van der Waals surface area contributed by atoms with E-state index in [1.165, 1.54) is 17.4 Å². The van der Waals surface area contributed by atoms with Gasteiger partial charge in [-0.1, -0.05) is 6.92 Å². The lowest BCUT2D eigenvalue weighted by Gasteiger charge is -2.31. The van der Waals surface area contributed by atoms with Crippen LogP contribution in [-0.4, -0.2) is 34.8 Å². The minimum Gasteiger partial charge on any atom is -0.472 e. The number of carbonyl (C=O) groups excluding carboxylic acids is 2. The standard InChI is InChI=1S/C19H23N3O3S/c1-12-4-5-15-16(9-12)26-19(20-15)21-17(23)13-3-2-7-22(10-13)18(24)14-6-8-25-11-14/h6,8,11-13H,2-5,7,9-10H2,1H3,(H,20,21,23). The van der Waals surface area contributed by atoms with Gasteiger partial charge in [-0.2, -0.15) is 0 Å². The lowest BCUT2D eigenvalue weighted by Crippen LogP contribution is -2.43. The smallest absolute Gasteiger partial charge is 0.257 e. The summed E-state index contributed by atoms with van der Waals surface area (Å²) in [5.41, 5.74) is 1.68. The zero-order valence-corrected chi connectivity index (χ0v) is 15.7. The van der Waals surface area contributed by atoms with E-state index in [2.05, 4.69) is 17.2 Å². The second kappa shape index (κ2) is 7.23. The highest BCUT2D eigenvalue weighted by molar-refractivity contribution is 7.15. The Hall–Kier alpha value is -2.15. The van der Waals surface area contributed by atoms with Crippen molar-refractivity contribution in [3.63, 3.8) is 0 Å². The number of nitrogens with zero attached hydrogens (tertiary/aromatic N) is 2. The van der Waals surface area contributed by atoms with Crippen LogP contribution in [0, 0.1) is 11.8 Å². The highest BCUT2D eigenvalue weighted by Crippen LogP contribution is 2.32. The molecule has 2 unspecified atom stereocenters. The molecule has 2 atom stereocenters. The molecule has 0 spiro atoms. The van der Waals surface area contributed by atoms with Gasteiger partial charge in [0.2, 0.25) is 5.91 Å². The van der Waals surface area contributed by atoms with Crippen LogP contribution in [0.5, 0.6) is 0 Å². The molecule has 0 saturated carbocycles. The van der Waals surface area contributed by atoms with E-state index in [1.807, 2.05) is 0 Å². The Morgan fingerprint density at radius 2 is 2.27 bits per heavy atom. The van der Waals surface area contributed by atoms with Crippen LogP contribution in [0.1, 0.15) is 47.1 Å². The number of anilines is 1. The zero-order valence-electron chi connectivity index (χ0n) is 14.9. The van der Waals surface area contributed by atoms with Crippen LogP contribution in [0.25, 0.3) is 0 Å². The molecule has 1 fully saturated rings. The molecule has 1 aliphatic heterocycles. The molecule has 1 N–H and O–H groups in total. The fourth-order valence-electron chi connectivity index (χ4n) is 3.75. The van der Waals surface area contributed by atoms with Crippen molar-refractivity contribution in [3.8, 4) is 0 Å². The second-order valence-corrected chi connectivity index (χ2v) is 8.41. The van der Waals surface area contributed by atoms with E-state index in [4.69, 9.17) is 4.42 Å². The van der Waals surface area contributed by atoms with Gasteiger partial charge in [0, 0.05) is 18.0 Å². The number of nitrogens with one attached hydrogen (secondary N) is 1. The average molecular weight is 373 g/mol. The van der Waals surface area contributed by atoms with Gasteiger partial charge in [-0.05, 0) is 44.1 Å². The Labute approximate surface area is 156 Å². The molecule has 0 aromatic carbocycles. The maximum atomic E-state index is 12.7. The van der Waals surface area contributed by atoms with E-state index in [0.29, 0.717) is 29.7 Å². The van der Waals surface area contributed by atoms with Crippen molar-refractivity contribution in [2.45, 2.75) is 39.0 Å². The predicted molar refractivity (Wildman–Crippen MR) is 99.3 cm³/mol. The maximum absolute atomic E-state index is 12.7. The van der Waals surface area contributed by atoms with Gasteiger partial charge in [0.05, 0.1) is 23.4 Å². The number of rotatable bonds is 3. The molecule has 1 saturated heterocycles. The molecular weight excluding hydrogens is 350 g/mol. The summed E-state index contributed by atoms with van der Waals surface area (Å²) in [6.45, 7) is 3.38. The molecule has 2 aliphatic rings. The van der Waals surface area contributed by atoms with Crippen LogP contribution in [0.4, 0.5) is 5.13 Å². The number of aryl methyl sites for hydroxylation is 1. The van der Waals surface area contributed by atoms with E-state index in [0.717, 1.165) is 37.8 Å². The summed E-state index contributed by atoms with van der Waals surface area (Å²) in [6.07, 6.45) is 7.78. The van der Waals surface area contributed by atoms with Crippen LogP contribution in [-0.2, 0) is 17.6 Å². The van der Waals surface area contributed by atoms with E-state index < -0.39 is 0 Å². The third-order valence-electron chi connectivity index (χ3n) is 5.26. The minimum absolute atomic E-state index is 0.0335.